The quantitative estimate of drug-likeness (QED) is 0.325. The van der Waals surface area contributed by atoms with Gasteiger partial charge in [-0.05, 0) is 66.6 Å². The van der Waals surface area contributed by atoms with Crippen LogP contribution in [0.25, 0.3) is 11.1 Å². The van der Waals surface area contributed by atoms with Gasteiger partial charge in [0.05, 0.1) is 23.1 Å². The van der Waals surface area contributed by atoms with Crippen molar-refractivity contribution in [3.8, 4) is 22.9 Å². The number of nitrogens with zero attached hydrogens (tertiary/aromatic N) is 2. The Labute approximate surface area is 208 Å². The van der Waals surface area contributed by atoms with Crippen molar-refractivity contribution in [3.63, 3.8) is 0 Å². The molecular formula is C31H32N2O2. The predicted octanol–water partition coefficient (Wildman–Crippen LogP) is 6.42. The summed E-state index contributed by atoms with van der Waals surface area (Å²) < 4.78 is 6.17. The Hall–Kier alpha value is -3.84. The summed E-state index contributed by atoms with van der Waals surface area (Å²) in [4.78, 5) is 15.4. The van der Waals surface area contributed by atoms with Gasteiger partial charge in [0.1, 0.15) is 12.4 Å². The van der Waals surface area contributed by atoms with E-state index >= 15 is 0 Å². The van der Waals surface area contributed by atoms with E-state index in [9.17, 15) is 4.79 Å². The van der Waals surface area contributed by atoms with Crippen molar-refractivity contribution in [1.82, 2.24) is 4.90 Å². The molecule has 0 radical (unpaired) electrons. The van der Waals surface area contributed by atoms with Crippen LogP contribution >= 0.6 is 0 Å². The number of rotatable bonds is 10. The lowest BCUT2D eigenvalue weighted by Crippen LogP contribution is -2.39. The van der Waals surface area contributed by atoms with Crippen molar-refractivity contribution in [2.75, 3.05) is 13.2 Å². The molecule has 4 heteroatoms. The van der Waals surface area contributed by atoms with E-state index in [1.54, 1.807) is 0 Å². The Kier molecular flexibility index (Phi) is 7.67. The molecule has 178 valence electrons. The summed E-state index contributed by atoms with van der Waals surface area (Å²) in [7, 11) is 0. The molecule has 0 spiro atoms. The number of nitriles is 1. The summed E-state index contributed by atoms with van der Waals surface area (Å²) in [5.74, 6) is 0.992. The maximum Gasteiger partial charge on any atom is 0.229 e. The van der Waals surface area contributed by atoms with E-state index in [0.717, 1.165) is 42.7 Å². The Morgan fingerprint density at radius 3 is 2.34 bits per heavy atom. The average molecular weight is 465 g/mol. The molecule has 1 fully saturated rings. The fourth-order valence-corrected chi connectivity index (χ4v) is 4.92. The molecule has 1 aliphatic heterocycles. The van der Waals surface area contributed by atoms with Gasteiger partial charge < -0.3 is 9.64 Å². The number of hydrogen-bond donors (Lipinski definition) is 0. The zero-order chi connectivity index (χ0) is 24.7. The minimum absolute atomic E-state index is 0.0430. The van der Waals surface area contributed by atoms with Gasteiger partial charge in [0, 0.05) is 6.54 Å². The Bertz CT molecular complexity index is 1180. The molecule has 2 atom stereocenters. The molecule has 1 heterocycles. The molecule has 4 nitrogen and oxygen atoms in total. The minimum Gasteiger partial charge on any atom is -0.491 e. The molecule has 0 aliphatic carbocycles. The first-order valence-corrected chi connectivity index (χ1v) is 12.2. The number of ether oxygens (including phenoxy) is 1. The maximum absolute atomic E-state index is 13.3. The van der Waals surface area contributed by atoms with Crippen LogP contribution in [0.15, 0.2) is 91.5 Å². The van der Waals surface area contributed by atoms with E-state index < -0.39 is 5.41 Å². The Morgan fingerprint density at radius 2 is 1.71 bits per heavy atom. The molecule has 3 aromatic rings. The SMILES string of the molecule is C=CC[C@]1(C)C[C@@H](COc2ccc(-c3ccc(C#N)cc3)cc2)N(CCCc2ccccc2)C1=O. The van der Waals surface area contributed by atoms with Gasteiger partial charge in [-0.1, -0.05) is 67.6 Å². The monoisotopic (exact) mass is 464 g/mol. The topological polar surface area (TPSA) is 53.3 Å². The van der Waals surface area contributed by atoms with Crippen molar-refractivity contribution < 1.29 is 9.53 Å². The number of allylic oxidation sites excluding steroid dienone is 1. The second-order valence-corrected chi connectivity index (χ2v) is 9.52. The van der Waals surface area contributed by atoms with Crippen LogP contribution in [0.2, 0.25) is 0 Å². The molecule has 3 aromatic carbocycles. The number of aryl methyl sites for hydroxylation is 1. The van der Waals surface area contributed by atoms with E-state index in [1.165, 1.54) is 5.56 Å². The maximum atomic E-state index is 13.3. The number of carbonyl (C=O) groups is 1. The van der Waals surface area contributed by atoms with Crippen LogP contribution in [-0.2, 0) is 11.2 Å². The van der Waals surface area contributed by atoms with E-state index in [0.29, 0.717) is 18.6 Å². The van der Waals surface area contributed by atoms with Gasteiger partial charge in [-0.15, -0.1) is 6.58 Å². The molecule has 35 heavy (non-hydrogen) atoms. The van der Waals surface area contributed by atoms with E-state index in [1.807, 2.05) is 72.5 Å². The molecule has 0 unspecified atom stereocenters. The van der Waals surface area contributed by atoms with Crippen LogP contribution in [0.5, 0.6) is 5.75 Å². The highest BCUT2D eigenvalue weighted by Crippen LogP contribution is 2.39. The summed E-state index contributed by atoms with van der Waals surface area (Å²) in [6.07, 6.45) is 5.18. The Morgan fingerprint density at radius 1 is 1.06 bits per heavy atom. The molecule has 0 N–H and O–H groups in total. The van der Waals surface area contributed by atoms with E-state index in [-0.39, 0.29) is 11.9 Å². The van der Waals surface area contributed by atoms with Gasteiger partial charge in [0.2, 0.25) is 5.91 Å². The molecule has 4 rings (SSSR count). The van der Waals surface area contributed by atoms with Crippen LogP contribution in [-0.4, -0.2) is 30.0 Å². The zero-order valence-corrected chi connectivity index (χ0v) is 20.3. The normalized spacial score (nSPS) is 19.4. The van der Waals surface area contributed by atoms with Crippen LogP contribution in [0.4, 0.5) is 0 Å². The molecule has 1 aliphatic rings. The van der Waals surface area contributed by atoms with E-state index in [4.69, 9.17) is 10.00 Å². The van der Waals surface area contributed by atoms with Gasteiger partial charge in [0.15, 0.2) is 0 Å². The van der Waals surface area contributed by atoms with Gasteiger partial charge in [-0.2, -0.15) is 5.26 Å². The van der Waals surface area contributed by atoms with Crippen LogP contribution in [0.1, 0.15) is 37.3 Å². The second-order valence-electron chi connectivity index (χ2n) is 9.52. The molecular weight excluding hydrogens is 432 g/mol. The minimum atomic E-state index is -0.415. The summed E-state index contributed by atoms with van der Waals surface area (Å²) in [6.45, 7) is 7.12. The third-order valence-electron chi connectivity index (χ3n) is 6.85. The summed E-state index contributed by atoms with van der Waals surface area (Å²) in [5.41, 5.74) is 3.66. The highest BCUT2D eigenvalue weighted by Gasteiger charge is 2.47. The predicted molar refractivity (Wildman–Crippen MR) is 140 cm³/mol. The third kappa shape index (κ3) is 5.81. The summed E-state index contributed by atoms with van der Waals surface area (Å²) in [6, 6.07) is 28.1. The van der Waals surface area contributed by atoms with Crippen molar-refractivity contribution >= 4 is 5.91 Å². The fraction of sp³-hybridized carbons (Fsp3) is 0.290. The average Bonchev–Trinajstić information content (AvgIpc) is 3.13. The fourth-order valence-electron chi connectivity index (χ4n) is 4.92. The molecule has 0 bridgehead atoms. The molecule has 0 aromatic heterocycles. The van der Waals surface area contributed by atoms with Crippen molar-refractivity contribution in [3.05, 3.63) is 103 Å². The number of amides is 1. The van der Waals surface area contributed by atoms with Gasteiger partial charge in [-0.3, -0.25) is 4.79 Å². The highest BCUT2D eigenvalue weighted by molar-refractivity contribution is 5.85. The summed E-state index contributed by atoms with van der Waals surface area (Å²) in [5, 5.41) is 8.99. The van der Waals surface area contributed by atoms with Crippen LogP contribution in [0, 0.1) is 16.7 Å². The highest BCUT2D eigenvalue weighted by atomic mass is 16.5. The first kappa shape index (κ1) is 24.3. The van der Waals surface area contributed by atoms with Crippen molar-refractivity contribution in [1.29, 1.82) is 5.26 Å². The Balaban J connectivity index is 1.39. The van der Waals surface area contributed by atoms with Gasteiger partial charge >= 0.3 is 0 Å². The van der Waals surface area contributed by atoms with Crippen LogP contribution < -0.4 is 4.74 Å². The van der Waals surface area contributed by atoms with Gasteiger partial charge in [-0.25, -0.2) is 0 Å². The van der Waals surface area contributed by atoms with Crippen LogP contribution in [0.3, 0.4) is 0 Å². The molecule has 1 amide bonds. The first-order chi connectivity index (χ1) is 17.0. The smallest absolute Gasteiger partial charge is 0.229 e. The molecule has 0 saturated carbocycles. The van der Waals surface area contributed by atoms with Crippen molar-refractivity contribution in [2.24, 2.45) is 5.41 Å². The number of benzene rings is 3. The molecule has 1 saturated heterocycles. The largest absolute Gasteiger partial charge is 0.491 e. The second kappa shape index (κ2) is 11.1. The standard InChI is InChI=1S/C31H32N2O2/c1-3-19-31(2)21-28(33(30(31)34)20-7-10-24-8-5-4-6-9-24)23-35-29-17-15-27(16-18-29)26-13-11-25(22-32)12-14-26/h3-6,8-9,11-18,28H,1,7,10,19-21,23H2,2H3/t28-,31+/m0/s1. The lowest BCUT2D eigenvalue weighted by Gasteiger charge is -2.25. The zero-order valence-electron chi connectivity index (χ0n) is 20.3. The number of likely N-dealkylation sites (tertiary alicyclic amines) is 1. The lowest BCUT2D eigenvalue weighted by molar-refractivity contribution is -0.136. The van der Waals surface area contributed by atoms with Gasteiger partial charge in [0.25, 0.3) is 0 Å². The first-order valence-electron chi connectivity index (χ1n) is 12.2. The third-order valence-corrected chi connectivity index (χ3v) is 6.85. The van der Waals surface area contributed by atoms with E-state index in [2.05, 4.69) is 36.9 Å². The number of carbonyl (C=O) groups excluding carboxylic acids is 1. The summed E-state index contributed by atoms with van der Waals surface area (Å²) >= 11 is 0. The lowest BCUT2D eigenvalue weighted by atomic mass is 9.84. The number of hydrogen-bond acceptors (Lipinski definition) is 3. The van der Waals surface area contributed by atoms with Crippen molar-refractivity contribution in [2.45, 2.75) is 38.6 Å².